The van der Waals surface area contributed by atoms with E-state index in [2.05, 4.69) is 4.98 Å². The summed E-state index contributed by atoms with van der Waals surface area (Å²) in [7, 11) is 0. The molecule has 15 heavy (non-hydrogen) atoms. The SMILES string of the molecule is Cc1cc(C2(C(=O)O)CC(N)C2)c(C)[nH]1. The van der Waals surface area contributed by atoms with Gasteiger partial charge >= 0.3 is 5.97 Å². The van der Waals surface area contributed by atoms with Crippen LogP contribution in [0.25, 0.3) is 0 Å². The monoisotopic (exact) mass is 208 g/mol. The number of aromatic nitrogens is 1. The minimum Gasteiger partial charge on any atom is -0.481 e. The Morgan fingerprint density at radius 1 is 1.60 bits per heavy atom. The van der Waals surface area contributed by atoms with Crippen molar-refractivity contribution in [2.75, 3.05) is 0 Å². The molecule has 0 bridgehead atoms. The fourth-order valence-electron chi connectivity index (χ4n) is 2.57. The zero-order valence-corrected chi connectivity index (χ0v) is 9.00. The summed E-state index contributed by atoms with van der Waals surface area (Å²) in [6.07, 6.45) is 1.08. The second kappa shape index (κ2) is 3.10. The smallest absolute Gasteiger partial charge is 0.314 e. The molecule has 0 aliphatic heterocycles. The zero-order valence-electron chi connectivity index (χ0n) is 9.00. The van der Waals surface area contributed by atoms with E-state index in [-0.39, 0.29) is 6.04 Å². The van der Waals surface area contributed by atoms with E-state index < -0.39 is 11.4 Å². The lowest BCUT2D eigenvalue weighted by Crippen LogP contribution is -2.54. The van der Waals surface area contributed by atoms with Crippen molar-refractivity contribution in [3.63, 3.8) is 0 Å². The number of carboxylic acids is 1. The van der Waals surface area contributed by atoms with Gasteiger partial charge in [-0.15, -0.1) is 0 Å². The number of aryl methyl sites for hydroxylation is 2. The highest BCUT2D eigenvalue weighted by Crippen LogP contribution is 2.44. The quantitative estimate of drug-likeness (QED) is 0.680. The van der Waals surface area contributed by atoms with Crippen molar-refractivity contribution in [3.05, 3.63) is 23.0 Å². The lowest BCUT2D eigenvalue weighted by Gasteiger charge is -2.42. The van der Waals surface area contributed by atoms with Gasteiger partial charge < -0.3 is 15.8 Å². The van der Waals surface area contributed by atoms with E-state index >= 15 is 0 Å². The molecule has 1 aliphatic carbocycles. The summed E-state index contributed by atoms with van der Waals surface area (Å²) in [5.74, 6) is -0.758. The Labute approximate surface area is 88.5 Å². The van der Waals surface area contributed by atoms with E-state index in [0.717, 1.165) is 17.0 Å². The van der Waals surface area contributed by atoms with Crippen LogP contribution in [0.4, 0.5) is 0 Å². The first-order chi connectivity index (χ1) is 6.95. The Bertz CT molecular complexity index is 403. The number of aromatic amines is 1. The van der Waals surface area contributed by atoms with Gasteiger partial charge in [0.25, 0.3) is 0 Å². The van der Waals surface area contributed by atoms with Gasteiger partial charge in [0, 0.05) is 17.4 Å². The number of nitrogens with one attached hydrogen (secondary N) is 1. The average Bonchev–Trinajstić information content (AvgIpc) is 2.39. The fourth-order valence-corrected chi connectivity index (χ4v) is 2.57. The van der Waals surface area contributed by atoms with E-state index in [1.807, 2.05) is 19.9 Å². The number of aliphatic carboxylic acids is 1. The van der Waals surface area contributed by atoms with Crippen molar-refractivity contribution >= 4 is 5.97 Å². The van der Waals surface area contributed by atoms with Gasteiger partial charge in [-0.3, -0.25) is 4.79 Å². The number of carbonyl (C=O) groups is 1. The second-order valence-corrected chi connectivity index (χ2v) is 4.55. The third kappa shape index (κ3) is 1.36. The van der Waals surface area contributed by atoms with E-state index in [9.17, 15) is 9.90 Å². The molecule has 0 atom stereocenters. The van der Waals surface area contributed by atoms with Gasteiger partial charge in [0.2, 0.25) is 0 Å². The molecular weight excluding hydrogens is 192 g/mol. The van der Waals surface area contributed by atoms with Crippen molar-refractivity contribution in [2.24, 2.45) is 5.73 Å². The first-order valence-electron chi connectivity index (χ1n) is 5.11. The van der Waals surface area contributed by atoms with Crippen LogP contribution in [-0.2, 0) is 10.2 Å². The standard InChI is InChI=1S/C11H16N2O2/c1-6-3-9(7(2)13-6)11(10(14)15)4-8(12)5-11/h3,8,13H,4-5,12H2,1-2H3,(H,14,15). The summed E-state index contributed by atoms with van der Waals surface area (Å²) in [5.41, 5.74) is 7.82. The molecule has 4 N–H and O–H groups in total. The van der Waals surface area contributed by atoms with Gasteiger partial charge in [0.1, 0.15) is 0 Å². The van der Waals surface area contributed by atoms with Crippen LogP contribution in [0.1, 0.15) is 29.8 Å². The van der Waals surface area contributed by atoms with Crippen LogP contribution in [0.3, 0.4) is 0 Å². The molecule has 1 saturated carbocycles. The Morgan fingerprint density at radius 3 is 2.53 bits per heavy atom. The zero-order chi connectivity index (χ0) is 11.2. The lowest BCUT2D eigenvalue weighted by molar-refractivity contribution is -0.148. The molecule has 82 valence electrons. The number of hydrogen-bond donors (Lipinski definition) is 3. The third-order valence-corrected chi connectivity index (χ3v) is 3.30. The highest BCUT2D eigenvalue weighted by atomic mass is 16.4. The first kappa shape index (κ1) is 10.2. The van der Waals surface area contributed by atoms with Gasteiger partial charge in [-0.25, -0.2) is 0 Å². The van der Waals surface area contributed by atoms with Crippen LogP contribution in [0.15, 0.2) is 6.07 Å². The van der Waals surface area contributed by atoms with Gasteiger partial charge in [-0.2, -0.15) is 0 Å². The van der Waals surface area contributed by atoms with Crippen LogP contribution in [-0.4, -0.2) is 22.1 Å². The molecule has 0 radical (unpaired) electrons. The molecule has 1 aliphatic rings. The Balaban J connectivity index is 2.43. The molecular formula is C11H16N2O2. The Kier molecular flexibility index (Phi) is 2.12. The molecule has 0 aromatic carbocycles. The predicted octanol–water partition coefficient (Wildman–Crippen LogP) is 1.08. The van der Waals surface area contributed by atoms with E-state index in [0.29, 0.717) is 12.8 Å². The molecule has 2 rings (SSSR count). The number of hydrogen-bond acceptors (Lipinski definition) is 2. The number of H-pyrrole nitrogens is 1. The molecule has 0 spiro atoms. The van der Waals surface area contributed by atoms with Crippen LogP contribution in [0.2, 0.25) is 0 Å². The number of nitrogens with two attached hydrogens (primary N) is 1. The summed E-state index contributed by atoms with van der Waals surface area (Å²) in [4.78, 5) is 14.5. The van der Waals surface area contributed by atoms with E-state index in [4.69, 9.17) is 5.73 Å². The average molecular weight is 208 g/mol. The maximum absolute atomic E-state index is 11.3. The highest BCUT2D eigenvalue weighted by Gasteiger charge is 2.51. The van der Waals surface area contributed by atoms with Crippen LogP contribution >= 0.6 is 0 Å². The first-order valence-corrected chi connectivity index (χ1v) is 5.11. The minimum absolute atomic E-state index is 0.0238. The largest absolute Gasteiger partial charge is 0.481 e. The summed E-state index contributed by atoms with van der Waals surface area (Å²) in [6.45, 7) is 3.85. The predicted molar refractivity (Wildman–Crippen MR) is 56.8 cm³/mol. The maximum Gasteiger partial charge on any atom is 0.314 e. The van der Waals surface area contributed by atoms with Crippen molar-refractivity contribution < 1.29 is 9.90 Å². The third-order valence-electron chi connectivity index (χ3n) is 3.30. The van der Waals surface area contributed by atoms with Crippen LogP contribution < -0.4 is 5.73 Å². The highest BCUT2D eigenvalue weighted by molar-refractivity contribution is 5.83. The molecule has 4 heteroatoms. The molecule has 0 amide bonds. The Morgan fingerprint density at radius 2 is 2.20 bits per heavy atom. The van der Waals surface area contributed by atoms with Crippen molar-refractivity contribution in [2.45, 2.75) is 38.1 Å². The summed E-state index contributed by atoms with van der Waals surface area (Å²) >= 11 is 0. The van der Waals surface area contributed by atoms with Gasteiger partial charge in [-0.1, -0.05) is 0 Å². The van der Waals surface area contributed by atoms with Crippen molar-refractivity contribution in [1.82, 2.24) is 4.98 Å². The Hall–Kier alpha value is -1.29. The molecule has 1 heterocycles. The van der Waals surface area contributed by atoms with Crippen molar-refractivity contribution in [1.29, 1.82) is 0 Å². The summed E-state index contributed by atoms with van der Waals surface area (Å²) in [5, 5.41) is 9.32. The number of rotatable bonds is 2. The molecule has 4 nitrogen and oxygen atoms in total. The van der Waals surface area contributed by atoms with Gasteiger partial charge in [-0.05, 0) is 38.3 Å². The molecule has 1 aromatic rings. The van der Waals surface area contributed by atoms with E-state index in [1.165, 1.54) is 0 Å². The lowest BCUT2D eigenvalue weighted by atomic mass is 9.62. The van der Waals surface area contributed by atoms with Crippen LogP contribution in [0, 0.1) is 13.8 Å². The fraction of sp³-hybridized carbons (Fsp3) is 0.545. The van der Waals surface area contributed by atoms with Gasteiger partial charge in [0.05, 0.1) is 5.41 Å². The van der Waals surface area contributed by atoms with E-state index in [1.54, 1.807) is 0 Å². The topological polar surface area (TPSA) is 79.1 Å². The second-order valence-electron chi connectivity index (χ2n) is 4.55. The van der Waals surface area contributed by atoms with Crippen LogP contribution in [0.5, 0.6) is 0 Å². The molecule has 0 saturated heterocycles. The molecule has 1 aromatic heterocycles. The maximum atomic E-state index is 11.3. The summed E-state index contributed by atoms with van der Waals surface area (Å²) < 4.78 is 0. The normalized spacial score (nSPS) is 29.9. The minimum atomic E-state index is -0.758. The molecule has 0 unspecified atom stereocenters. The van der Waals surface area contributed by atoms with Gasteiger partial charge in [0.15, 0.2) is 0 Å². The number of carboxylic acid groups (broad SMARTS) is 1. The van der Waals surface area contributed by atoms with Crippen molar-refractivity contribution in [3.8, 4) is 0 Å². The summed E-state index contributed by atoms with van der Waals surface area (Å²) in [6, 6.07) is 1.95. The molecule has 1 fully saturated rings.